The van der Waals surface area contributed by atoms with Gasteiger partial charge in [0.25, 0.3) is 0 Å². The molecule has 0 spiro atoms. The van der Waals surface area contributed by atoms with Crippen molar-refractivity contribution in [3.05, 3.63) is 46.9 Å². The molecule has 0 saturated heterocycles. The molecule has 1 aromatic carbocycles. The lowest BCUT2D eigenvalue weighted by molar-refractivity contribution is 0.518. The number of hydrogen-bond acceptors (Lipinski definition) is 3. The lowest BCUT2D eigenvalue weighted by Gasteiger charge is -2.10. The Bertz CT molecular complexity index is 480. The molecule has 0 unspecified atom stereocenters. The first-order valence-electron chi connectivity index (χ1n) is 4.99. The third-order valence-electron chi connectivity index (χ3n) is 2.46. The summed E-state index contributed by atoms with van der Waals surface area (Å²) < 4.78 is 5.22. The number of rotatable bonds is 3. The van der Waals surface area contributed by atoms with E-state index >= 15 is 0 Å². The van der Waals surface area contributed by atoms with E-state index in [9.17, 15) is 0 Å². The van der Waals surface area contributed by atoms with E-state index in [1.165, 1.54) is 0 Å². The van der Waals surface area contributed by atoms with E-state index in [-0.39, 0.29) is 0 Å². The summed E-state index contributed by atoms with van der Waals surface area (Å²) in [6.07, 6.45) is 1.65. The minimum absolute atomic E-state index is 0.607. The normalized spacial score (nSPS) is 10.4. The van der Waals surface area contributed by atoms with Gasteiger partial charge in [0, 0.05) is 5.69 Å². The highest BCUT2D eigenvalue weighted by atomic mass is 35.5. The second kappa shape index (κ2) is 4.49. The minimum Gasteiger partial charge on any atom is -0.467 e. The number of nitrogens with two attached hydrogens (primary N) is 1. The van der Waals surface area contributed by atoms with Gasteiger partial charge in [-0.25, -0.2) is 0 Å². The zero-order valence-electron chi connectivity index (χ0n) is 8.96. The van der Waals surface area contributed by atoms with Crippen LogP contribution in [0.3, 0.4) is 0 Å². The van der Waals surface area contributed by atoms with E-state index in [0.717, 1.165) is 17.0 Å². The third kappa shape index (κ3) is 2.14. The molecule has 2 aromatic rings. The first-order valence-corrected chi connectivity index (χ1v) is 5.37. The third-order valence-corrected chi connectivity index (χ3v) is 2.95. The van der Waals surface area contributed by atoms with E-state index in [1.54, 1.807) is 6.26 Å². The van der Waals surface area contributed by atoms with Crippen molar-refractivity contribution in [3.63, 3.8) is 0 Å². The molecule has 0 amide bonds. The topological polar surface area (TPSA) is 51.2 Å². The van der Waals surface area contributed by atoms with Gasteiger partial charge in [0.1, 0.15) is 5.76 Å². The summed E-state index contributed by atoms with van der Waals surface area (Å²) in [7, 11) is 0. The fourth-order valence-corrected chi connectivity index (χ4v) is 1.67. The second-order valence-corrected chi connectivity index (χ2v) is 3.95. The smallest absolute Gasteiger partial charge is 0.122 e. The predicted octanol–water partition coefficient (Wildman–Crippen LogP) is 3.44. The molecule has 0 radical (unpaired) electrons. The maximum atomic E-state index is 6.17. The summed E-state index contributed by atoms with van der Waals surface area (Å²) in [5.74, 6) is 0.866. The SMILES string of the molecule is Cc1c(N)ccc(NCc2ccco2)c1Cl. The predicted molar refractivity (Wildman–Crippen MR) is 66.6 cm³/mol. The highest BCUT2D eigenvalue weighted by molar-refractivity contribution is 6.34. The van der Waals surface area contributed by atoms with Gasteiger partial charge >= 0.3 is 0 Å². The maximum absolute atomic E-state index is 6.17. The molecule has 84 valence electrons. The van der Waals surface area contributed by atoms with Gasteiger partial charge in [-0.2, -0.15) is 0 Å². The quantitative estimate of drug-likeness (QED) is 0.803. The van der Waals surface area contributed by atoms with E-state index in [4.69, 9.17) is 21.8 Å². The van der Waals surface area contributed by atoms with Crippen molar-refractivity contribution in [2.24, 2.45) is 0 Å². The first kappa shape index (κ1) is 10.9. The van der Waals surface area contributed by atoms with Crippen LogP contribution in [0.5, 0.6) is 0 Å². The summed E-state index contributed by atoms with van der Waals surface area (Å²) in [6, 6.07) is 7.47. The number of benzene rings is 1. The Hall–Kier alpha value is -1.61. The fourth-order valence-electron chi connectivity index (χ4n) is 1.43. The molecule has 4 heteroatoms. The lowest BCUT2D eigenvalue weighted by atomic mass is 10.2. The van der Waals surface area contributed by atoms with Crippen LogP contribution in [0.4, 0.5) is 11.4 Å². The molecule has 2 rings (SSSR count). The van der Waals surface area contributed by atoms with Crippen molar-refractivity contribution in [2.75, 3.05) is 11.1 Å². The van der Waals surface area contributed by atoms with Gasteiger partial charge in [-0.3, -0.25) is 0 Å². The van der Waals surface area contributed by atoms with Gasteiger partial charge in [0.05, 0.1) is 23.5 Å². The molecule has 1 heterocycles. The van der Waals surface area contributed by atoms with Crippen molar-refractivity contribution in [2.45, 2.75) is 13.5 Å². The molecular formula is C12H13ClN2O. The Morgan fingerprint density at radius 1 is 1.38 bits per heavy atom. The van der Waals surface area contributed by atoms with E-state index in [2.05, 4.69) is 5.32 Å². The molecule has 0 atom stereocenters. The summed E-state index contributed by atoms with van der Waals surface area (Å²) in [6.45, 7) is 2.51. The minimum atomic E-state index is 0.607. The zero-order valence-corrected chi connectivity index (χ0v) is 9.71. The number of nitrogen functional groups attached to an aromatic ring is 1. The van der Waals surface area contributed by atoms with Crippen LogP contribution in [0.25, 0.3) is 0 Å². The van der Waals surface area contributed by atoms with E-state index < -0.39 is 0 Å². The van der Waals surface area contributed by atoms with Crippen molar-refractivity contribution in [3.8, 4) is 0 Å². The standard InChI is InChI=1S/C12H13ClN2O/c1-8-10(14)4-5-11(12(8)13)15-7-9-3-2-6-16-9/h2-6,15H,7,14H2,1H3. The second-order valence-electron chi connectivity index (χ2n) is 3.57. The van der Waals surface area contributed by atoms with Crippen LogP contribution in [-0.2, 0) is 6.54 Å². The van der Waals surface area contributed by atoms with E-state index in [1.807, 2.05) is 31.2 Å². The molecular weight excluding hydrogens is 224 g/mol. The van der Waals surface area contributed by atoms with Crippen LogP contribution < -0.4 is 11.1 Å². The highest BCUT2D eigenvalue weighted by Gasteiger charge is 2.06. The molecule has 0 saturated carbocycles. The summed E-state index contributed by atoms with van der Waals surface area (Å²) >= 11 is 6.17. The van der Waals surface area contributed by atoms with Crippen LogP contribution in [0.1, 0.15) is 11.3 Å². The summed E-state index contributed by atoms with van der Waals surface area (Å²) in [5, 5.41) is 3.86. The number of anilines is 2. The van der Waals surface area contributed by atoms with Crippen molar-refractivity contribution in [1.29, 1.82) is 0 Å². The van der Waals surface area contributed by atoms with Crippen LogP contribution in [0, 0.1) is 6.92 Å². The fraction of sp³-hybridized carbons (Fsp3) is 0.167. The van der Waals surface area contributed by atoms with Gasteiger partial charge in [-0.15, -0.1) is 0 Å². The van der Waals surface area contributed by atoms with Gasteiger partial charge in [-0.05, 0) is 36.8 Å². The van der Waals surface area contributed by atoms with Crippen molar-refractivity contribution in [1.82, 2.24) is 0 Å². The van der Waals surface area contributed by atoms with Crippen molar-refractivity contribution >= 4 is 23.0 Å². The van der Waals surface area contributed by atoms with Crippen LogP contribution in [0.2, 0.25) is 5.02 Å². The lowest BCUT2D eigenvalue weighted by Crippen LogP contribution is -2.00. The molecule has 3 N–H and O–H groups in total. The Kier molecular flexibility index (Phi) is 3.06. The first-order chi connectivity index (χ1) is 7.68. The molecule has 0 aliphatic rings. The molecule has 0 fully saturated rings. The van der Waals surface area contributed by atoms with Crippen LogP contribution in [0.15, 0.2) is 34.9 Å². The molecule has 16 heavy (non-hydrogen) atoms. The summed E-state index contributed by atoms with van der Waals surface area (Å²) in [5.41, 5.74) is 8.21. The molecule has 3 nitrogen and oxygen atoms in total. The monoisotopic (exact) mass is 236 g/mol. The van der Waals surface area contributed by atoms with Gasteiger partial charge in [-0.1, -0.05) is 11.6 Å². The molecule has 0 aliphatic heterocycles. The number of halogens is 1. The van der Waals surface area contributed by atoms with Crippen LogP contribution in [-0.4, -0.2) is 0 Å². The average Bonchev–Trinajstić information content (AvgIpc) is 2.78. The Morgan fingerprint density at radius 2 is 2.19 bits per heavy atom. The highest BCUT2D eigenvalue weighted by Crippen LogP contribution is 2.29. The Morgan fingerprint density at radius 3 is 2.88 bits per heavy atom. The molecule has 0 aliphatic carbocycles. The van der Waals surface area contributed by atoms with Gasteiger partial charge < -0.3 is 15.5 Å². The average molecular weight is 237 g/mol. The van der Waals surface area contributed by atoms with Crippen molar-refractivity contribution < 1.29 is 4.42 Å². The molecule has 0 bridgehead atoms. The zero-order chi connectivity index (χ0) is 11.5. The van der Waals surface area contributed by atoms with Gasteiger partial charge in [0.15, 0.2) is 0 Å². The maximum Gasteiger partial charge on any atom is 0.122 e. The number of hydrogen-bond donors (Lipinski definition) is 2. The van der Waals surface area contributed by atoms with E-state index in [0.29, 0.717) is 17.3 Å². The van der Waals surface area contributed by atoms with Crippen LogP contribution >= 0.6 is 11.6 Å². The molecule has 1 aromatic heterocycles. The number of furan rings is 1. The van der Waals surface area contributed by atoms with Gasteiger partial charge in [0.2, 0.25) is 0 Å². The Labute approximate surface area is 99.2 Å². The largest absolute Gasteiger partial charge is 0.467 e. The summed E-state index contributed by atoms with van der Waals surface area (Å²) in [4.78, 5) is 0. The number of nitrogens with one attached hydrogen (secondary N) is 1. The Balaban J connectivity index is 2.13.